The maximum absolute atomic E-state index is 14.7. The maximum Gasteiger partial charge on any atom is 0.422 e. The zero-order valence-electron chi connectivity index (χ0n) is 17.4. The minimum atomic E-state index is -4.55. The largest absolute Gasteiger partial charge is 0.481 e. The number of halogens is 5. The lowest BCUT2D eigenvalue weighted by Crippen LogP contribution is -2.19. The van der Waals surface area contributed by atoms with Crippen LogP contribution in [0.2, 0.25) is 0 Å². The second-order valence-electron chi connectivity index (χ2n) is 7.70. The highest BCUT2D eigenvalue weighted by Gasteiger charge is 2.29. The summed E-state index contributed by atoms with van der Waals surface area (Å²) in [7, 11) is 0. The summed E-state index contributed by atoms with van der Waals surface area (Å²) < 4.78 is 70.8. The molecule has 3 aromatic rings. The van der Waals surface area contributed by atoms with Crippen LogP contribution in [0.3, 0.4) is 0 Å². The molecule has 6 heteroatoms. The van der Waals surface area contributed by atoms with E-state index >= 15 is 0 Å². The molecule has 0 spiro atoms. The third kappa shape index (κ3) is 6.18. The topological polar surface area (TPSA) is 9.23 Å². The SMILES string of the molecule is CCCCCCCc1ccc(-c2ccc3c(F)c(OCC(F)(F)F)ccc3c2)c(F)c1. The normalized spacial score (nSPS) is 11.8. The van der Waals surface area contributed by atoms with Crippen molar-refractivity contribution in [1.29, 1.82) is 0 Å². The van der Waals surface area contributed by atoms with Crippen molar-refractivity contribution in [2.45, 2.75) is 51.6 Å². The second-order valence-corrected chi connectivity index (χ2v) is 7.70. The molecular formula is C25H25F5O. The molecule has 0 saturated carbocycles. The summed E-state index contributed by atoms with van der Waals surface area (Å²) in [5.74, 6) is -1.68. The van der Waals surface area contributed by atoms with Gasteiger partial charge in [0.1, 0.15) is 5.82 Å². The highest BCUT2D eigenvalue weighted by Crippen LogP contribution is 2.32. The van der Waals surface area contributed by atoms with Crippen LogP contribution in [0, 0.1) is 11.6 Å². The molecule has 0 aromatic heterocycles. The van der Waals surface area contributed by atoms with Crippen molar-refractivity contribution in [2.24, 2.45) is 0 Å². The van der Waals surface area contributed by atoms with Gasteiger partial charge in [0.2, 0.25) is 0 Å². The fourth-order valence-electron chi connectivity index (χ4n) is 3.59. The fraction of sp³-hybridized carbons (Fsp3) is 0.360. The Balaban J connectivity index is 1.77. The number of ether oxygens (including phenoxy) is 1. The number of rotatable bonds is 9. The van der Waals surface area contributed by atoms with Crippen molar-refractivity contribution in [3.8, 4) is 16.9 Å². The van der Waals surface area contributed by atoms with E-state index < -0.39 is 24.3 Å². The molecule has 0 N–H and O–H groups in total. The van der Waals surface area contributed by atoms with Crippen molar-refractivity contribution < 1.29 is 26.7 Å². The van der Waals surface area contributed by atoms with Crippen molar-refractivity contribution in [3.63, 3.8) is 0 Å². The molecule has 0 bridgehead atoms. The Morgan fingerprint density at radius 1 is 0.839 bits per heavy atom. The summed E-state index contributed by atoms with van der Waals surface area (Å²) in [5, 5.41) is 0.571. The van der Waals surface area contributed by atoms with E-state index in [1.54, 1.807) is 18.2 Å². The van der Waals surface area contributed by atoms with Gasteiger partial charge in [-0.15, -0.1) is 0 Å². The lowest BCUT2D eigenvalue weighted by atomic mass is 9.98. The van der Waals surface area contributed by atoms with E-state index in [4.69, 9.17) is 0 Å². The molecule has 0 unspecified atom stereocenters. The minimum absolute atomic E-state index is 0.118. The Morgan fingerprint density at radius 3 is 2.32 bits per heavy atom. The summed E-state index contributed by atoms with van der Waals surface area (Å²) in [6.45, 7) is 0.597. The molecule has 0 atom stereocenters. The number of hydrogen-bond donors (Lipinski definition) is 0. The highest BCUT2D eigenvalue weighted by atomic mass is 19.4. The summed E-state index contributed by atoms with van der Waals surface area (Å²) in [5.41, 5.74) is 1.91. The lowest BCUT2D eigenvalue weighted by molar-refractivity contribution is -0.153. The first-order valence-corrected chi connectivity index (χ1v) is 10.5. The van der Waals surface area contributed by atoms with Crippen molar-refractivity contribution in [3.05, 3.63) is 65.7 Å². The van der Waals surface area contributed by atoms with Gasteiger partial charge in [0.05, 0.1) is 0 Å². The predicted octanol–water partition coefficient (Wildman–Crippen LogP) is 8.24. The molecule has 0 aliphatic carbocycles. The molecule has 3 rings (SSSR count). The first kappa shape index (κ1) is 23.0. The Hall–Kier alpha value is -2.63. The van der Waals surface area contributed by atoms with Gasteiger partial charge in [-0.3, -0.25) is 0 Å². The van der Waals surface area contributed by atoms with Crippen LogP contribution in [0.4, 0.5) is 22.0 Å². The number of aryl methyl sites for hydroxylation is 1. The van der Waals surface area contributed by atoms with Gasteiger partial charge in [-0.05, 0) is 47.6 Å². The van der Waals surface area contributed by atoms with Gasteiger partial charge in [0.15, 0.2) is 18.2 Å². The van der Waals surface area contributed by atoms with Gasteiger partial charge < -0.3 is 4.74 Å². The van der Waals surface area contributed by atoms with Gasteiger partial charge in [-0.25, -0.2) is 8.78 Å². The number of hydrogen-bond acceptors (Lipinski definition) is 1. The summed E-state index contributed by atoms with van der Waals surface area (Å²) >= 11 is 0. The van der Waals surface area contributed by atoms with Crippen molar-refractivity contribution >= 4 is 10.8 Å². The first-order valence-electron chi connectivity index (χ1n) is 10.5. The molecule has 166 valence electrons. The minimum Gasteiger partial charge on any atom is -0.481 e. The van der Waals surface area contributed by atoms with Crippen LogP contribution in [0.1, 0.15) is 44.6 Å². The van der Waals surface area contributed by atoms with E-state index in [1.165, 1.54) is 37.5 Å². The van der Waals surface area contributed by atoms with Gasteiger partial charge in [-0.1, -0.05) is 62.9 Å². The quantitative estimate of drug-likeness (QED) is 0.242. The summed E-state index contributed by atoms with van der Waals surface area (Å²) in [6.07, 6.45) is 2.00. The third-order valence-electron chi connectivity index (χ3n) is 5.22. The smallest absolute Gasteiger partial charge is 0.422 e. The molecule has 0 amide bonds. The van der Waals surface area contributed by atoms with Crippen LogP contribution in [-0.2, 0) is 6.42 Å². The van der Waals surface area contributed by atoms with E-state index in [2.05, 4.69) is 11.7 Å². The van der Waals surface area contributed by atoms with Crippen LogP contribution >= 0.6 is 0 Å². The predicted molar refractivity (Wildman–Crippen MR) is 113 cm³/mol. The Morgan fingerprint density at radius 2 is 1.61 bits per heavy atom. The van der Waals surface area contributed by atoms with Gasteiger partial charge in [-0.2, -0.15) is 13.2 Å². The highest BCUT2D eigenvalue weighted by molar-refractivity contribution is 5.89. The molecular weight excluding hydrogens is 411 g/mol. The molecule has 3 aromatic carbocycles. The Kier molecular flexibility index (Phi) is 7.52. The number of benzene rings is 3. The standard InChI is InChI=1S/C25H25F5O/c1-2-3-4-5-6-7-17-8-11-20(22(26)14-17)18-9-12-21-19(15-18)10-13-23(24(21)27)31-16-25(28,29)30/h8-15H,2-7,16H2,1H3. The van der Waals surface area contributed by atoms with Gasteiger partial charge in [0, 0.05) is 10.9 Å². The number of alkyl halides is 3. The molecule has 0 aliphatic heterocycles. The van der Waals surface area contributed by atoms with Crippen LogP contribution < -0.4 is 4.74 Å². The van der Waals surface area contributed by atoms with Crippen molar-refractivity contribution in [2.75, 3.05) is 6.61 Å². The average Bonchev–Trinajstić information content (AvgIpc) is 2.72. The zero-order valence-corrected chi connectivity index (χ0v) is 17.4. The zero-order chi connectivity index (χ0) is 22.4. The number of unbranched alkanes of at least 4 members (excludes halogenated alkanes) is 4. The van der Waals surface area contributed by atoms with E-state index in [9.17, 15) is 22.0 Å². The van der Waals surface area contributed by atoms with Gasteiger partial charge >= 0.3 is 6.18 Å². The van der Waals surface area contributed by atoms with Crippen LogP contribution in [0.15, 0.2) is 48.5 Å². The second kappa shape index (κ2) is 10.1. The number of fused-ring (bicyclic) bond motifs is 1. The van der Waals surface area contributed by atoms with Crippen LogP contribution in [0.5, 0.6) is 5.75 Å². The monoisotopic (exact) mass is 436 g/mol. The van der Waals surface area contributed by atoms with Gasteiger partial charge in [0.25, 0.3) is 0 Å². The van der Waals surface area contributed by atoms with E-state index in [0.29, 0.717) is 16.5 Å². The van der Waals surface area contributed by atoms with E-state index in [0.717, 1.165) is 30.9 Å². The van der Waals surface area contributed by atoms with E-state index in [-0.39, 0.29) is 11.2 Å². The van der Waals surface area contributed by atoms with Crippen LogP contribution in [-0.4, -0.2) is 12.8 Å². The molecule has 0 radical (unpaired) electrons. The molecule has 0 saturated heterocycles. The molecule has 0 fully saturated rings. The average molecular weight is 436 g/mol. The molecule has 0 aliphatic rings. The third-order valence-corrected chi connectivity index (χ3v) is 5.22. The molecule has 31 heavy (non-hydrogen) atoms. The van der Waals surface area contributed by atoms with Crippen LogP contribution in [0.25, 0.3) is 21.9 Å². The fourth-order valence-corrected chi connectivity index (χ4v) is 3.59. The summed E-state index contributed by atoms with van der Waals surface area (Å²) in [4.78, 5) is 0. The molecule has 1 nitrogen and oxygen atoms in total. The summed E-state index contributed by atoms with van der Waals surface area (Å²) in [6, 6.07) is 12.4. The van der Waals surface area contributed by atoms with Crippen molar-refractivity contribution in [1.82, 2.24) is 0 Å². The maximum atomic E-state index is 14.7. The molecule has 0 heterocycles. The Labute approximate surface area is 178 Å². The Bertz CT molecular complexity index is 1030. The lowest BCUT2D eigenvalue weighted by Gasteiger charge is -2.12. The first-order chi connectivity index (χ1) is 14.8. The van der Waals surface area contributed by atoms with E-state index in [1.807, 2.05) is 6.07 Å².